The van der Waals surface area contributed by atoms with Crippen LogP contribution in [0.4, 0.5) is 5.69 Å². The van der Waals surface area contributed by atoms with Crippen LogP contribution in [-0.2, 0) is 0 Å². The summed E-state index contributed by atoms with van der Waals surface area (Å²) in [5, 5.41) is 14.7. The summed E-state index contributed by atoms with van der Waals surface area (Å²) >= 11 is 0. The summed E-state index contributed by atoms with van der Waals surface area (Å²) in [7, 11) is 0. The second-order valence-electron chi connectivity index (χ2n) is 5.61. The van der Waals surface area contributed by atoms with Gasteiger partial charge in [-0.15, -0.1) is 24.8 Å². The minimum Gasteiger partial charge on any atom is -0.314 e. The second kappa shape index (κ2) is 11.6. The molecule has 7 heteroatoms. The molecule has 0 unspecified atom stereocenters. The largest absolute Gasteiger partial charge is 0.314 e. The zero-order chi connectivity index (χ0) is 15.1. The average molecular weight is 364 g/mol. The number of nitro groups is 1. The van der Waals surface area contributed by atoms with Gasteiger partial charge in [0.05, 0.1) is 4.92 Å². The van der Waals surface area contributed by atoms with E-state index in [-0.39, 0.29) is 41.5 Å². The van der Waals surface area contributed by atoms with Crippen LogP contribution >= 0.6 is 24.8 Å². The van der Waals surface area contributed by atoms with Gasteiger partial charge in [-0.2, -0.15) is 0 Å². The van der Waals surface area contributed by atoms with Crippen molar-refractivity contribution in [3.8, 4) is 0 Å². The number of hydrogen-bond donors (Lipinski definition) is 1. The lowest BCUT2D eigenvalue weighted by molar-refractivity contribution is -0.386. The van der Waals surface area contributed by atoms with E-state index in [0.29, 0.717) is 0 Å². The van der Waals surface area contributed by atoms with Gasteiger partial charge in [-0.25, -0.2) is 0 Å². The van der Waals surface area contributed by atoms with Gasteiger partial charge in [0.15, 0.2) is 0 Å². The first kappa shape index (κ1) is 22.1. The van der Waals surface area contributed by atoms with Crippen molar-refractivity contribution in [1.29, 1.82) is 0 Å². The number of piperazine rings is 1. The van der Waals surface area contributed by atoms with Crippen molar-refractivity contribution in [1.82, 2.24) is 10.2 Å². The highest BCUT2D eigenvalue weighted by atomic mass is 35.5. The molecule has 0 amide bonds. The van der Waals surface area contributed by atoms with Gasteiger partial charge >= 0.3 is 0 Å². The Labute approximate surface area is 150 Å². The van der Waals surface area contributed by atoms with Crippen LogP contribution in [0.25, 0.3) is 0 Å². The number of halogens is 2. The third kappa shape index (κ3) is 6.26. The summed E-state index contributed by atoms with van der Waals surface area (Å²) < 4.78 is 0. The maximum Gasteiger partial charge on any atom is 0.274 e. The van der Waals surface area contributed by atoms with E-state index in [1.165, 1.54) is 12.8 Å². The van der Waals surface area contributed by atoms with Gasteiger partial charge in [-0.3, -0.25) is 15.0 Å². The molecule has 0 aliphatic carbocycles. The summed E-state index contributed by atoms with van der Waals surface area (Å²) in [5.41, 5.74) is 1.14. The molecule has 1 fully saturated rings. The average Bonchev–Trinajstić information content (AvgIpc) is 2.52. The van der Waals surface area contributed by atoms with Crippen LogP contribution < -0.4 is 5.32 Å². The molecular formula is C16H27Cl2N3O2. The highest BCUT2D eigenvalue weighted by Crippen LogP contribution is 2.33. The summed E-state index contributed by atoms with van der Waals surface area (Å²) in [4.78, 5) is 13.5. The van der Waals surface area contributed by atoms with Crippen LogP contribution in [0.1, 0.15) is 44.2 Å². The molecule has 1 saturated heterocycles. The molecule has 1 N–H and O–H groups in total. The van der Waals surface area contributed by atoms with Crippen LogP contribution in [0.3, 0.4) is 0 Å². The molecule has 5 nitrogen and oxygen atoms in total. The zero-order valence-electron chi connectivity index (χ0n) is 13.6. The molecule has 1 aliphatic rings. The molecule has 0 aromatic heterocycles. The Morgan fingerprint density at radius 2 is 1.87 bits per heavy atom. The van der Waals surface area contributed by atoms with Crippen molar-refractivity contribution in [3.63, 3.8) is 0 Å². The van der Waals surface area contributed by atoms with Gasteiger partial charge in [0.25, 0.3) is 5.69 Å². The predicted molar refractivity (Wildman–Crippen MR) is 98.9 cm³/mol. The summed E-state index contributed by atoms with van der Waals surface area (Å²) in [6, 6.07) is 7.39. The number of rotatable bonds is 7. The van der Waals surface area contributed by atoms with Crippen LogP contribution in [0.15, 0.2) is 24.3 Å². The molecule has 1 aromatic rings. The highest BCUT2D eigenvalue weighted by molar-refractivity contribution is 5.85. The Hall–Kier alpha value is -0.880. The molecule has 1 aliphatic heterocycles. The van der Waals surface area contributed by atoms with Gasteiger partial charge in [-0.1, -0.05) is 44.4 Å². The summed E-state index contributed by atoms with van der Waals surface area (Å²) in [6.45, 7) is 6.03. The second-order valence-corrected chi connectivity index (χ2v) is 5.61. The fourth-order valence-electron chi connectivity index (χ4n) is 3.05. The molecule has 1 atom stereocenters. The summed E-state index contributed by atoms with van der Waals surface area (Å²) in [5.74, 6) is 0. The lowest BCUT2D eigenvalue weighted by atomic mass is 9.96. The molecule has 0 bridgehead atoms. The topological polar surface area (TPSA) is 58.4 Å². The lowest BCUT2D eigenvalue weighted by Gasteiger charge is -2.35. The van der Waals surface area contributed by atoms with Crippen molar-refractivity contribution in [2.75, 3.05) is 26.2 Å². The minimum absolute atomic E-state index is 0. The quantitative estimate of drug-likeness (QED) is 0.452. The highest BCUT2D eigenvalue weighted by Gasteiger charge is 2.27. The third-order valence-corrected chi connectivity index (χ3v) is 4.17. The maximum atomic E-state index is 11.3. The smallest absolute Gasteiger partial charge is 0.274 e. The van der Waals surface area contributed by atoms with Crippen LogP contribution in [0, 0.1) is 10.1 Å². The number of unbranched alkanes of at least 4 members (excludes halogenated alkanes) is 2. The van der Waals surface area contributed by atoms with E-state index >= 15 is 0 Å². The van der Waals surface area contributed by atoms with E-state index < -0.39 is 0 Å². The van der Waals surface area contributed by atoms with Crippen molar-refractivity contribution in [2.45, 2.75) is 38.6 Å². The van der Waals surface area contributed by atoms with Crippen molar-refractivity contribution in [2.24, 2.45) is 0 Å². The lowest BCUT2D eigenvalue weighted by Crippen LogP contribution is -2.45. The van der Waals surface area contributed by atoms with E-state index in [1.54, 1.807) is 12.1 Å². The molecule has 132 valence electrons. The van der Waals surface area contributed by atoms with E-state index in [4.69, 9.17) is 0 Å². The SMILES string of the molecule is CCCCC[C@H](c1ccccc1[N+](=O)[O-])N1CCNCC1.Cl.Cl. The molecule has 23 heavy (non-hydrogen) atoms. The number of nitro benzene ring substituents is 1. The molecule has 0 saturated carbocycles. The first-order valence-electron chi connectivity index (χ1n) is 7.92. The molecule has 2 rings (SSSR count). The molecule has 0 spiro atoms. The van der Waals surface area contributed by atoms with Gasteiger partial charge in [0.1, 0.15) is 0 Å². The first-order valence-corrected chi connectivity index (χ1v) is 7.92. The molecule has 1 aromatic carbocycles. The summed E-state index contributed by atoms with van der Waals surface area (Å²) in [6.07, 6.45) is 4.48. The van der Waals surface area contributed by atoms with Crippen molar-refractivity contribution >= 4 is 30.5 Å². The Morgan fingerprint density at radius 1 is 1.22 bits per heavy atom. The predicted octanol–water partition coefficient (Wildman–Crippen LogP) is 3.97. The van der Waals surface area contributed by atoms with E-state index in [0.717, 1.165) is 44.6 Å². The fraction of sp³-hybridized carbons (Fsp3) is 0.625. The van der Waals surface area contributed by atoms with Gasteiger partial charge in [-0.05, 0) is 6.42 Å². The number of nitrogens with zero attached hydrogens (tertiary/aromatic N) is 2. The molecule has 1 heterocycles. The Morgan fingerprint density at radius 3 is 2.48 bits per heavy atom. The molecule has 0 radical (unpaired) electrons. The van der Waals surface area contributed by atoms with E-state index in [1.807, 2.05) is 12.1 Å². The minimum atomic E-state index is -0.246. The normalized spacial score (nSPS) is 16.0. The standard InChI is InChI=1S/C16H25N3O2.2ClH/c1-2-3-4-8-15(18-12-10-17-11-13-18)14-7-5-6-9-16(14)19(20)21;;/h5-7,9,15,17H,2-4,8,10-13H2,1H3;2*1H/t15-;;/m1../s1. The van der Waals surface area contributed by atoms with E-state index in [9.17, 15) is 10.1 Å². The van der Waals surface area contributed by atoms with Crippen LogP contribution in [-0.4, -0.2) is 36.0 Å². The Balaban J connectivity index is 0.00000242. The third-order valence-electron chi connectivity index (χ3n) is 4.17. The number of hydrogen-bond acceptors (Lipinski definition) is 4. The number of benzene rings is 1. The molecular weight excluding hydrogens is 337 g/mol. The number of nitrogens with one attached hydrogen (secondary N) is 1. The monoisotopic (exact) mass is 363 g/mol. The van der Waals surface area contributed by atoms with Gasteiger partial charge < -0.3 is 5.32 Å². The fourth-order valence-corrected chi connectivity index (χ4v) is 3.05. The van der Waals surface area contributed by atoms with E-state index in [2.05, 4.69) is 17.1 Å². The van der Waals surface area contributed by atoms with Gasteiger partial charge in [0, 0.05) is 43.9 Å². The Kier molecular flexibility index (Phi) is 11.2. The van der Waals surface area contributed by atoms with Gasteiger partial charge in [0.2, 0.25) is 0 Å². The van der Waals surface area contributed by atoms with Crippen molar-refractivity contribution < 1.29 is 4.92 Å². The Bertz CT molecular complexity index is 468. The van der Waals surface area contributed by atoms with Crippen LogP contribution in [0.2, 0.25) is 0 Å². The number of para-hydroxylation sites is 1. The first-order chi connectivity index (χ1) is 10.2. The van der Waals surface area contributed by atoms with Crippen LogP contribution in [0.5, 0.6) is 0 Å². The maximum absolute atomic E-state index is 11.3. The van der Waals surface area contributed by atoms with Crippen molar-refractivity contribution in [3.05, 3.63) is 39.9 Å². The zero-order valence-corrected chi connectivity index (χ0v) is 15.2.